The first kappa shape index (κ1) is 11.5. The molecule has 1 aliphatic heterocycles. The van der Waals surface area contributed by atoms with Crippen molar-refractivity contribution in [3.8, 4) is 0 Å². The van der Waals surface area contributed by atoms with Crippen LogP contribution in [0.4, 0.5) is 0 Å². The molecule has 1 heterocycles. The van der Waals surface area contributed by atoms with Crippen molar-refractivity contribution in [1.29, 1.82) is 0 Å². The molecule has 3 nitrogen and oxygen atoms in total. The van der Waals surface area contributed by atoms with Gasteiger partial charge in [-0.25, -0.2) is 0 Å². The molecule has 3 atom stereocenters. The van der Waals surface area contributed by atoms with Crippen LogP contribution in [0.1, 0.15) is 40.5 Å². The molecule has 3 unspecified atom stereocenters. The van der Waals surface area contributed by atoms with Crippen molar-refractivity contribution in [2.24, 2.45) is 5.92 Å². The summed E-state index contributed by atoms with van der Waals surface area (Å²) in [6.07, 6.45) is 1.62. The Morgan fingerprint density at radius 2 is 2.07 bits per heavy atom. The van der Waals surface area contributed by atoms with Gasteiger partial charge in [-0.15, -0.1) is 0 Å². The van der Waals surface area contributed by atoms with Crippen LogP contribution in [0.5, 0.6) is 0 Å². The van der Waals surface area contributed by atoms with Crippen LogP contribution >= 0.6 is 0 Å². The molecule has 0 saturated carbocycles. The minimum Gasteiger partial charge on any atom is -0.352 e. The van der Waals surface area contributed by atoms with Crippen LogP contribution in [0.3, 0.4) is 0 Å². The van der Waals surface area contributed by atoms with E-state index in [2.05, 4.69) is 38.3 Å². The van der Waals surface area contributed by atoms with Gasteiger partial charge in [-0.05, 0) is 26.2 Å². The van der Waals surface area contributed by atoms with Crippen LogP contribution in [0, 0.1) is 5.92 Å². The van der Waals surface area contributed by atoms with E-state index in [0.29, 0.717) is 24.4 Å². The van der Waals surface area contributed by atoms with Crippen molar-refractivity contribution in [2.75, 3.05) is 0 Å². The predicted octanol–water partition coefficient (Wildman–Crippen LogP) is 1.29. The normalized spacial score (nSPS) is 30.2. The van der Waals surface area contributed by atoms with E-state index >= 15 is 0 Å². The quantitative estimate of drug-likeness (QED) is 0.717. The highest BCUT2D eigenvalue weighted by molar-refractivity contribution is 5.77. The molecule has 0 aromatic heterocycles. The second-order valence-electron chi connectivity index (χ2n) is 4.70. The van der Waals surface area contributed by atoms with E-state index in [4.69, 9.17) is 0 Å². The number of piperidine rings is 1. The standard InChI is InChI=1S/C11H22N2O/c1-7(2)8(3)12-10-5-6-11(14)13-9(10)4/h7-10,12H,5-6H2,1-4H3,(H,13,14). The van der Waals surface area contributed by atoms with Gasteiger partial charge in [-0.2, -0.15) is 0 Å². The third-order valence-corrected chi connectivity index (χ3v) is 3.15. The zero-order valence-electron chi connectivity index (χ0n) is 9.63. The summed E-state index contributed by atoms with van der Waals surface area (Å²) in [6, 6.07) is 1.21. The van der Waals surface area contributed by atoms with Crippen molar-refractivity contribution in [1.82, 2.24) is 10.6 Å². The highest BCUT2D eigenvalue weighted by Gasteiger charge is 2.26. The van der Waals surface area contributed by atoms with Gasteiger partial charge in [0.05, 0.1) is 0 Å². The van der Waals surface area contributed by atoms with Gasteiger partial charge < -0.3 is 10.6 Å². The minimum atomic E-state index is 0.188. The first-order valence-electron chi connectivity index (χ1n) is 5.56. The van der Waals surface area contributed by atoms with Crippen LogP contribution in [0.15, 0.2) is 0 Å². The molecule has 1 fully saturated rings. The average molecular weight is 198 g/mol. The lowest BCUT2D eigenvalue weighted by atomic mass is 9.96. The fourth-order valence-electron chi connectivity index (χ4n) is 1.72. The predicted molar refractivity (Wildman–Crippen MR) is 58.1 cm³/mol. The molecule has 82 valence electrons. The van der Waals surface area contributed by atoms with E-state index < -0.39 is 0 Å². The monoisotopic (exact) mass is 198 g/mol. The zero-order valence-corrected chi connectivity index (χ0v) is 9.63. The number of carbonyl (C=O) groups excluding carboxylic acids is 1. The maximum atomic E-state index is 11.1. The van der Waals surface area contributed by atoms with Crippen LogP contribution < -0.4 is 10.6 Å². The molecule has 1 rings (SSSR count). The molecule has 0 radical (unpaired) electrons. The summed E-state index contributed by atoms with van der Waals surface area (Å²) in [4.78, 5) is 11.1. The number of nitrogens with one attached hydrogen (secondary N) is 2. The van der Waals surface area contributed by atoms with Crippen LogP contribution in [0.25, 0.3) is 0 Å². The van der Waals surface area contributed by atoms with E-state index in [1.807, 2.05) is 0 Å². The molecule has 0 spiro atoms. The number of hydrogen-bond donors (Lipinski definition) is 2. The van der Waals surface area contributed by atoms with Gasteiger partial charge in [0.15, 0.2) is 0 Å². The largest absolute Gasteiger partial charge is 0.352 e. The van der Waals surface area contributed by atoms with Crippen molar-refractivity contribution in [2.45, 2.75) is 58.7 Å². The number of amides is 1. The Morgan fingerprint density at radius 1 is 1.43 bits per heavy atom. The van der Waals surface area contributed by atoms with E-state index in [1.54, 1.807) is 0 Å². The number of carbonyl (C=O) groups is 1. The minimum absolute atomic E-state index is 0.188. The molecule has 2 N–H and O–H groups in total. The Hall–Kier alpha value is -0.570. The van der Waals surface area contributed by atoms with E-state index in [1.165, 1.54) is 0 Å². The van der Waals surface area contributed by atoms with Gasteiger partial charge in [-0.3, -0.25) is 4.79 Å². The molecule has 0 bridgehead atoms. The Morgan fingerprint density at radius 3 is 2.57 bits per heavy atom. The summed E-state index contributed by atoms with van der Waals surface area (Å²) in [7, 11) is 0. The van der Waals surface area contributed by atoms with Crippen LogP contribution in [-0.4, -0.2) is 24.0 Å². The van der Waals surface area contributed by atoms with Gasteiger partial charge in [0.1, 0.15) is 0 Å². The molecule has 0 aliphatic carbocycles. The fourth-order valence-corrected chi connectivity index (χ4v) is 1.72. The summed E-state index contributed by atoms with van der Waals surface area (Å²) in [5, 5.41) is 6.55. The van der Waals surface area contributed by atoms with Gasteiger partial charge in [0.25, 0.3) is 0 Å². The first-order valence-corrected chi connectivity index (χ1v) is 5.56. The lowest BCUT2D eigenvalue weighted by Crippen LogP contribution is -2.55. The Bertz CT molecular complexity index is 203. The van der Waals surface area contributed by atoms with Gasteiger partial charge in [0.2, 0.25) is 5.91 Å². The maximum Gasteiger partial charge on any atom is 0.220 e. The summed E-state index contributed by atoms with van der Waals surface area (Å²) in [5.41, 5.74) is 0. The smallest absolute Gasteiger partial charge is 0.220 e. The van der Waals surface area contributed by atoms with Crippen molar-refractivity contribution in [3.05, 3.63) is 0 Å². The molecule has 1 aliphatic rings. The lowest BCUT2D eigenvalue weighted by Gasteiger charge is -2.33. The zero-order chi connectivity index (χ0) is 10.7. The summed E-state index contributed by atoms with van der Waals surface area (Å²) >= 11 is 0. The highest BCUT2D eigenvalue weighted by atomic mass is 16.1. The fraction of sp³-hybridized carbons (Fsp3) is 0.909. The molecular formula is C11H22N2O. The van der Waals surface area contributed by atoms with E-state index in [0.717, 1.165) is 6.42 Å². The van der Waals surface area contributed by atoms with Crippen molar-refractivity contribution >= 4 is 5.91 Å². The Labute approximate surface area is 86.6 Å². The van der Waals surface area contributed by atoms with Gasteiger partial charge in [-0.1, -0.05) is 13.8 Å². The molecule has 14 heavy (non-hydrogen) atoms. The summed E-state index contributed by atoms with van der Waals surface area (Å²) in [6.45, 7) is 8.70. The topological polar surface area (TPSA) is 41.1 Å². The Kier molecular flexibility index (Phi) is 3.93. The highest BCUT2D eigenvalue weighted by Crippen LogP contribution is 2.12. The molecule has 1 saturated heterocycles. The van der Waals surface area contributed by atoms with Gasteiger partial charge >= 0.3 is 0 Å². The Balaban J connectivity index is 2.41. The molecule has 3 heteroatoms. The second-order valence-corrected chi connectivity index (χ2v) is 4.70. The molecular weight excluding hydrogens is 176 g/mol. The second kappa shape index (κ2) is 4.78. The summed E-state index contributed by atoms with van der Waals surface area (Å²) in [5.74, 6) is 0.826. The third-order valence-electron chi connectivity index (χ3n) is 3.15. The van der Waals surface area contributed by atoms with Crippen molar-refractivity contribution < 1.29 is 4.79 Å². The molecule has 0 aromatic rings. The van der Waals surface area contributed by atoms with Crippen LogP contribution in [-0.2, 0) is 4.79 Å². The molecule has 1 amide bonds. The maximum absolute atomic E-state index is 11.1. The van der Waals surface area contributed by atoms with Gasteiger partial charge in [0, 0.05) is 24.5 Å². The number of hydrogen-bond acceptors (Lipinski definition) is 2. The van der Waals surface area contributed by atoms with Crippen LogP contribution in [0.2, 0.25) is 0 Å². The van der Waals surface area contributed by atoms with E-state index in [-0.39, 0.29) is 11.9 Å². The van der Waals surface area contributed by atoms with E-state index in [9.17, 15) is 4.79 Å². The summed E-state index contributed by atoms with van der Waals surface area (Å²) < 4.78 is 0. The number of rotatable bonds is 3. The van der Waals surface area contributed by atoms with Crippen molar-refractivity contribution in [3.63, 3.8) is 0 Å². The lowest BCUT2D eigenvalue weighted by molar-refractivity contribution is -0.123. The third kappa shape index (κ3) is 2.98. The molecule has 0 aromatic carbocycles. The average Bonchev–Trinajstić information content (AvgIpc) is 2.09. The first-order chi connectivity index (χ1) is 6.50. The SMILES string of the molecule is CC(C)C(C)NC1CCC(=O)NC1C.